The maximum absolute atomic E-state index is 14.0. The zero-order valence-corrected chi connectivity index (χ0v) is 18.1. The summed E-state index contributed by atoms with van der Waals surface area (Å²) in [5.41, 5.74) is 0.958. The lowest BCUT2D eigenvalue weighted by Crippen LogP contribution is -2.25. The van der Waals surface area contributed by atoms with Crippen LogP contribution in [-0.2, 0) is 15.8 Å². The molecule has 0 unspecified atom stereocenters. The van der Waals surface area contributed by atoms with Gasteiger partial charge in [0.05, 0.1) is 6.04 Å². The number of sulfone groups is 1. The minimum atomic E-state index is -3.35. The molecule has 1 fully saturated rings. The number of nitrogens with zero attached hydrogens (tertiary/aromatic N) is 1. The van der Waals surface area contributed by atoms with E-state index in [9.17, 15) is 22.0 Å². The van der Waals surface area contributed by atoms with Crippen molar-refractivity contribution in [2.45, 2.75) is 31.7 Å². The molecule has 0 saturated heterocycles. The fourth-order valence-corrected chi connectivity index (χ4v) is 4.29. The Morgan fingerprint density at radius 2 is 1.77 bits per heavy atom. The van der Waals surface area contributed by atoms with E-state index in [0.29, 0.717) is 16.3 Å². The molecule has 1 aromatic heterocycles. The number of pyridine rings is 1. The molecule has 2 aromatic carbocycles. The van der Waals surface area contributed by atoms with E-state index in [-0.39, 0.29) is 17.0 Å². The molecule has 1 saturated carbocycles. The molecule has 1 aliphatic rings. The summed E-state index contributed by atoms with van der Waals surface area (Å²) < 4.78 is 52.9. The molecule has 4 rings (SSSR count). The van der Waals surface area contributed by atoms with Gasteiger partial charge in [0.2, 0.25) is 0 Å². The van der Waals surface area contributed by atoms with Crippen LogP contribution in [0.25, 0.3) is 21.9 Å². The molecule has 3 aromatic rings. The molecular weight excluding hydrogens is 420 g/mol. The average molecular weight is 444 g/mol. The van der Waals surface area contributed by atoms with Crippen LogP contribution in [-0.4, -0.2) is 19.2 Å². The number of alkyl halides is 2. The Bertz CT molecular complexity index is 1320. The minimum absolute atomic E-state index is 0.162. The summed E-state index contributed by atoms with van der Waals surface area (Å²) in [7, 11) is -3.35. The Morgan fingerprint density at radius 3 is 2.35 bits per heavy atom. The fourth-order valence-electron chi connectivity index (χ4n) is 3.84. The summed E-state index contributed by atoms with van der Waals surface area (Å²) in [6.07, 6.45) is 6.13. The number of halogens is 2. The third kappa shape index (κ3) is 4.61. The van der Waals surface area contributed by atoms with E-state index in [2.05, 4.69) is 0 Å². The van der Waals surface area contributed by atoms with Gasteiger partial charge in [0.1, 0.15) is 0 Å². The zero-order valence-electron chi connectivity index (χ0n) is 17.3. The van der Waals surface area contributed by atoms with Crippen molar-refractivity contribution < 1.29 is 17.2 Å². The van der Waals surface area contributed by atoms with E-state index in [1.54, 1.807) is 16.8 Å². The molecular formula is C24H23F2NO3S. The molecule has 0 amide bonds. The molecule has 31 heavy (non-hydrogen) atoms. The van der Waals surface area contributed by atoms with Crippen LogP contribution in [0.1, 0.15) is 31.4 Å². The Kier molecular flexibility index (Phi) is 5.33. The van der Waals surface area contributed by atoms with Gasteiger partial charge in [0.15, 0.2) is 9.84 Å². The van der Waals surface area contributed by atoms with Gasteiger partial charge < -0.3 is 4.57 Å². The van der Waals surface area contributed by atoms with E-state index >= 15 is 0 Å². The van der Waals surface area contributed by atoms with Gasteiger partial charge in [0, 0.05) is 41.3 Å². The van der Waals surface area contributed by atoms with Crippen LogP contribution in [0.5, 0.6) is 0 Å². The van der Waals surface area contributed by atoms with E-state index in [1.165, 1.54) is 18.2 Å². The topological polar surface area (TPSA) is 56.1 Å². The standard InChI is InChI=1S/C24H23F2NO3S/c1-24(25,26)18-10-11-19-20(14-18)21(16-6-4-3-5-7-16)15-27(23(19)28)22(17-8-9-17)12-13-31(2,29)30/h3-7,10-15,17,22H,8-9H2,1-2H3/b13-12+/t22-/m0/s1. The first-order valence-corrected chi connectivity index (χ1v) is 12.0. The van der Waals surface area contributed by atoms with Crippen molar-refractivity contribution >= 4 is 20.6 Å². The van der Waals surface area contributed by atoms with Gasteiger partial charge >= 0.3 is 0 Å². The summed E-state index contributed by atoms with van der Waals surface area (Å²) in [5, 5.41) is 1.91. The predicted octanol–water partition coefficient (Wildman–Crippen LogP) is 5.29. The van der Waals surface area contributed by atoms with Crippen molar-refractivity contribution in [3.8, 4) is 11.1 Å². The zero-order chi connectivity index (χ0) is 22.4. The highest BCUT2D eigenvalue weighted by molar-refractivity contribution is 7.93. The summed E-state index contributed by atoms with van der Waals surface area (Å²) in [6, 6.07) is 12.9. The summed E-state index contributed by atoms with van der Waals surface area (Å²) in [4.78, 5) is 13.4. The number of hydrogen-bond acceptors (Lipinski definition) is 3. The summed E-state index contributed by atoms with van der Waals surface area (Å²) >= 11 is 0. The van der Waals surface area contributed by atoms with Gasteiger partial charge in [-0.2, -0.15) is 0 Å². The first-order valence-electron chi connectivity index (χ1n) is 10.1. The van der Waals surface area contributed by atoms with E-state index in [1.807, 2.05) is 30.3 Å². The molecule has 1 atom stereocenters. The lowest BCUT2D eigenvalue weighted by atomic mass is 9.96. The van der Waals surface area contributed by atoms with Gasteiger partial charge in [-0.25, -0.2) is 17.2 Å². The van der Waals surface area contributed by atoms with E-state index in [0.717, 1.165) is 37.0 Å². The second-order valence-corrected chi connectivity index (χ2v) is 10.2. The Morgan fingerprint density at radius 1 is 1.10 bits per heavy atom. The number of hydrogen-bond donors (Lipinski definition) is 0. The number of allylic oxidation sites excluding steroid dienone is 1. The largest absolute Gasteiger partial charge is 0.307 e. The monoisotopic (exact) mass is 443 g/mol. The van der Waals surface area contributed by atoms with Crippen LogP contribution < -0.4 is 5.56 Å². The Hall–Kier alpha value is -2.80. The van der Waals surface area contributed by atoms with Gasteiger partial charge in [-0.3, -0.25) is 4.79 Å². The number of fused-ring (bicyclic) bond motifs is 1. The van der Waals surface area contributed by atoms with Crippen LogP contribution in [0, 0.1) is 5.92 Å². The molecule has 0 spiro atoms. The van der Waals surface area contributed by atoms with E-state index < -0.39 is 21.8 Å². The van der Waals surface area contributed by atoms with Crippen molar-refractivity contribution in [2.24, 2.45) is 5.92 Å². The second-order valence-electron chi connectivity index (χ2n) is 8.26. The highest BCUT2D eigenvalue weighted by Crippen LogP contribution is 2.41. The molecule has 0 N–H and O–H groups in total. The van der Waals surface area contributed by atoms with Crippen molar-refractivity contribution in [1.29, 1.82) is 0 Å². The third-order valence-electron chi connectivity index (χ3n) is 5.58. The predicted molar refractivity (Wildman–Crippen MR) is 119 cm³/mol. The molecule has 0 aliphatic heterocycles. The van der Waals surface area contributed by atoms with Crippen LogP contribution in [0.15, 0.2) is 71.0 Å². The van der Waals surface area contributed by atoms with Gasteiger partial charge in [-0.15, -0.1) is 0 Å². The molecule has 162 valence electrons. The Balaban J connectivity index is 2.01. The molecule has 0 radical (unpaired) electrons. The molecule has 1 aliphatic carbocycles. The lowest BCUT2D eigenvalue weighted by molar-refractivity contribution is 0.0176. The molecule has 7 heteroatoms. The number of rotatable bonds is 6. The highest BCUT2D eigenvalue weighted by atomic mass is 32.2. The molecule has 0 bridgehead atoms. The van der Waals surface area contributed by atoms with Gasteiger partial charge in [0.25, 0.3) is 11.5 Å². The van der Waals surface area contributed by atoms with Crippen LogP contribution in [0.4, 0.5) is 8.78 Å². The second kappa shape index (κ2) is 7.71. The minimum Gasteiger partial charge on any atom is -0.307 e. The summed E-state index contributed by atoms with van der Waals surface area (Å²) in [6.45, 7) is 0.830. The SMILES string of the molecule is CC(F)(F)c1ccc2c(=O)n([C@@H](/C=C/S(C)(=O)=O)C3CC3)cc(-c3ccccc3)c2c1. The smallest absolute Gasteiger partial charge is 0.270 e. The van der Waals surface area contributed by atoms with Crippen molar-refractivity contribution in [3.63, 3.8) is 0 Å². The lowest BCUT2D eigenvalue weighted by Gasteiger charge is -2.20. The van der Waals surface area contributed by atoms with Crippen molar-refractivity contribution in [3.05, 3.63) is 82.1 Å². The fraction of sp³-hybridized carbons (Fsp3) is 0.292. The van der Waals surface area contributed by atoms with Gasteiger partial charge in [-0.1, -0.05) is 42.5 Å². The van der Waals surface area contributed by atoms with Crippen molar-refractivity contribution in [1.82, 2.24) is 4.57 Å². The molecule has 1 heterocycles. The average Bonchev–Trinajstić information content (AvgIpc) is 3.53. The number of benzene rings is 2. The quantitative estimate of drug-likeness (QED) is 0.520. The van der Waals surface area contributed by atoms with Crippen LogP contribution >= 0.6 is 0 Å². The normalized spacial score (nSPS) is 16.1. The Labute approximate surface area is 179 Å². The number of aromatic nitrogens is 1. The van der Waals surface area contributed by atoms with Crippen LogP contribution in [0.3, 0.4) is 0 Å². The third-order valence-corrected chi connectivity index (χ3v) is 6.24. The maximum Gasteiger partial charge on any atom is 0.270 e. The first kappa shape index (κ1) is 21.4. The first-order chi connectivity index (χ1) is 14.5. The maximum atomic E-state index is 14.0. The summed E-state index contributed by atoms with van der Waals surface area (Å²) in [5.74, 6) is -2.87. The van der Waals surface area contributed by atoms with E-state index in [4.69, 9.17) is 0 Å². The molecule has 4 nitrogen and oxygen atoms in total. The van der Waals surface area contributed by atoms with Crippen molar-refractivity contribution in [2.75, 3.05) is 6.26 Å². The highest BCUT2D eigenvalue weighted by Gasteiger charge is 2.32. The van der Waals surface area contributed by atoms with Crippen LogP contribution in [0.2, 0.25) is 0 Å². The van der Waals surface area contributed by atoms with Gasteiger partial charge in [-0.05, 0) is 41.8 Å².